The summed E-state index contributed by atoms with van der Waals surface area (Å²) >= 11 is 1.35. The molecule has 0 saturated carbocycles. The number of rotatable bonds is 5. The van der Waals surface area contributed by atoms with Crippen LogP contribution in [-0.2, 0) is 6.42 Å². The topological polar surface area (TPSA) is 87.7 Å². The Hall–Kier alpha value is -2.54. The van der Waals surface area contributed by atoms with Gasteiger partial charge in [-0.2, -0.15) is 0 Å². The molecular formula is C17H18N4O2S. The van der Waals surface area contributed by atoms with Crippen molar-refractivity contribution in [1.82, 2.24) is 20.3 Å². The van der Waals surface area contributed by atoms with Gasteiger partial charge in [-0.05, 0) is 32.4 Å². The van der Waals surface area contributed by atoms with E-state index in [-0.39, 0.29) is 11.7 Å². The van der Waals surface area contributed by atoms with E-state index in [4.69, 9.17) is 0 Å². The molecule has 1 amide bonds. The van der Waals surface area contributed by atoms with Crippen LogP contribution in [-0.4, -0.2) is 33.2 Å². The molecule has 124 valence electrons. The molecule has 3 aromatic rings. The molecule has 0 saturated heterocycles. The van der Waals surface area contributed by atoms with Gasteiger partial charge in [0.25, 0.3) is 5.91 Å². The Morgan fingerprint density at radius 2 is 2.04 bits per heavy atom. The van der Waals surface area contributed by atoms with Gasteiger partial charge in [0.2, 0.25) is 0 Å². The summed E-state index contributed by atoms with van der Waals surface area (Å²) in [5.41, 5.74) is 2.42. The third-order valence-corrected chi connectivity index (χ3v) is 5.06. The third kappa shape index (κ3) is 3.21. The third-order valence-electron chi connectivity index (χ3n) is 3.84. The zero-order valence-electron chi connectivity index (χ0n) is 13.8. The van der Waals surface area contributed by atoms with Gasteiger partial charge in [0.05, 0.1) is 4.88 Å². The smallest absolute Gasteiger partial charge is 0.261 e. The van der Waals surface area contributed by atoms with Gasteiger partial charge in [0.1, 0.15) is 10.7 Å². The number of amides is 1. The number of thiophene rings is 1. The fraction of sp³-hybridized carbons (Fsp3) is 0.294. The molecule has 3 rings (SSSR count). The molecule has 0 aliphatic carbocycles. The second kappa shape index (κ2) is 6.52. The van der Waals surface area contributed by atoms with Gasteiger partial charge in [-0.15, -0.1) is 11.3 Å². The Morgan fingerprint density at radius 3 is 2.71 bits per heavy atom. The Bertz CT molecular complexity index is 926. The number of aryl methyl sites for hydroxylation is 2. The van der Waals surface area contributed by atoms with E-state index >= 15 is 0 Å². The van der Waals surface area contributed by atoms with Crippen molar-refractivity contribution in [1.29, 1.82) is 0 Å². The number of nitrogens with zero attached hydrogens (tertiary/aromatic N) is 2. The first-order chi connectivity index (χ1) is 11.5. The van der Waals surface area contributed by atoms with Gasteiger partial charge < -0.3 is 10.3 Å². The molecule has 7 heteroatoms. The average Bonchev–Trinajstić information content (AvgIpc) is 3.10. The van der Waals surface area contributed by atoms with Crippen molar-refractivity contribution in [3.8, 4) is 0 Å². The van der Waals surface area contributed by atoms with Crippen LogP contribution in [0.25, 0.3) is 10.2 Å². The second-order valence-electron chi connectivity index (χ2n) is 5.69. The van der Waals surface area contributed by atoms with E-state index in [1.54, 1.807) is 18.5 Å². The van der Waals surface area contributed by atoms with Crippen molar-refractivity contribution in [3.63, 3.8) is 0 Å². The minimum absolute atomic E-state index is 0.0316. The zero-order valence-corrected chi connectivity index (χ0v) is 14.6. The van der Waals surface area contributed by atoms with Crippen molar-refractivity contribution in [2.75, 3.05) is 6.54 Å². The van der Waals surface area contributed by atoms with Crippen molar-refractivity contribution in [3.05, 3.63) is 46.0 Å². The predicted molar refractivity (Wildman–Crippen MR) is 93.7 cm³/mol. The summed E-state index contributed by atoms with van der Waals surface area (Å²) < 4.78 is 0. The molecule has 3 aromatic heterocycles. The summed E-state index contributed by atoms with van der Waals surface area (Å²) in [6.45, 7) is 5.82. The highest BCUT2D eigenvalue weighted by Gasteiger charge is 2.17. The molecule has 0 spiro atoms. The van der Waals surface area contributed by atoms with Crippen molar-refractivity contribution >= 4 is 33.2 Å². The Kier molecular flexibility index (Phi) is 4.44. The zero-order chi connectivity index (χ0) is 17.3. The predicted octanol–water partition coefficient (Wildman–Crippen LogP) is 2.81. The minimum Gasteiger partial charge on any atom is -0.351 e. The largest absolute Gasteiger partial charge is 0.351 e. The van der Waals surface area contributed by atoms with E-state index in [2.05, 4.69) is 20.3 Å². The number of aromatic nitrogens is 3. The lowest BCUT2D eigenvalue weighted by atomic mass is 10.1. The molecule has 0 aromatic carbocycles. The summed E-state index contributed by atoms with van der Waals surface area (Å²) in [5, 5.41) is 3.79. The molecule has 3 heterocycles. The molecule has 0 atom stereocenters. The summed E-state index contributed by atoms with van der Waals surface area (Å²) in [7, 11) is 0. The maximum atomic E-state index is 12.4. The number of H-pyrrole nitrogens is 1. The molecule has 0 aliphatic rings. The van der Waals surface area contributed by atoms with E-state index in [0.29, 0.717) is 23.4 Å². The highest BCUT2D eigenvalue weighted by Crippen LogP contribution is 2.29. The number of imidazole rings is 1. The lowest BCUT2D eigenvalue weighted by Crippen LogP contribution is -2.25. The first kappa shape index (κ1) is 16.3. The van der Waals surface area contributed by atoms with Crippen LogP contribution in [0.1, 0.15) is 44.0 Å². The van der Waals surface area contributed by atoms with E-state index in [9.17, 15) is 9.59 Å². The van der Waals surface area contributed by atoms with Crippen LogP contribution in [0.4, 0.5) is 0 Å². The maximum absolute atomic E-state index is 12.4. The van der Waals surface area contributed by atoms with Gasteiger partial charge in [0.15, 0.2) is 5.78 Å². The van der Waals surface area contributed by atoms with E-state index in [1.165, 1.54) is 18.3 Å². The number of carbonyl (C=O) groups excluding carboxylic acids is 2. The van der Waals surface area contributed by atoms with Crippen LogP contribution in [0.3, 0.4) is 0 Å². The van der Waals surface area contributed by atoms with Gasteiger partial charge >= 0.3 is 0 Å². The fourth-order valence-corrected chi connectivity index (χ4v) is 3.55. The lowest BCUT2D eigenvalue weighted by molar-refractivity contribution is 0.0956. The van der Waals surface area contributed by atoms with Crippen LogP contribution in [0, 0.1) is 13.8 Å². The molecule has 0 bridgehead atoms. The lowest BCUT2D eigenvalue weighted by Gasteiger charge is -2.03. The number of carbonyl (C=O) groups is 2. The normalized spacial score (nSPS) is 11.0. The number of pyridine rings is 1. The van der Waals surface area contributed by atoms with E-state index < -0.39 is 0 Å². The summed E-state index contributed by atoms with van der Waals surface area (Å²) in [6.07, 6.45) is 4.03. The molecule has 0 fully saturated rings. The Labute approximate surface area is 143 Å². The SMILES string of the molecule is CC(=O)c1cnc2sc(C(=O)NCCc3cnc(C)[nH]3)c(C)c2c1. The van der Waals surface area contributed by atoms with Gasteiger partial charge in [-0.25, -0.2) is 9.97 Å². The minimum atomic E-state index is -0.115. The highest BCUT2D eigenvalue weighted by atomic mass is 32.1. The number of nitrogens with one attached hydrogen (secondary N) is 2. The number of ketones is 1. The Morgan fingerprint density at radius 1 is 1.25 bits per heavy atom. The van der Waals surface area contributed by atoms with Gasteiger partial charge in [-0.1, -0.05) is 0 Å². The average molecular weight is 342 g/mol. The Balaban J connectivity index is 1.74. The molecule has 24 heavy (non-hydrogen) atoms. The summed E-state index contributed by atoms with van der Waals surface area (Å²) in [6, 6.07) is 1.81. The van der Waals surface area contributed by atoms with Crippen LogP contribution in [0.2, 0.25) is 0 Å². The van der Waals surface area contributed by atoms with Crippen molar-refractivity contribution in [2.45, 2.75) is 27.2 Å². The molecule has 0 aliphatic heterocycles. The molecule has 0 radical (unpaired) electrons. The van der Waals surface area contributed by atoms with Crippen LogP contribution in [0.15, 0.2) is 18.5 Å². The highest BCUT2D eigenvalue weighted by molar-refractivity contribution is 7.20. The van der Waals surface area contributed by atoms with Crippen LogP contribution < -0.4 is 5.32 Å². The number of hydrogen-bond donors (Lipinski definition) is 2. The number of hydrogen-bond acceptors (Lipinski definition) is 5. The second-order valence-corrected chi connectivity index (χ2v) is 6.69. The van der Waals surface area contributed by atoms with Crippen LogP contribution in [0.5, 0.6) is 0 Å². The van der Waals surface area contributed by atoms with Gasteiger partial charge in [0, 0.05) is 42.0 Å². The number of aromatic amines is 1. The molecule has 2 N–H and O–H groups in total. The van der Waals surface area contributed by atoms with Gasteiger partial charge in [-0.3, -0.25) is 9.59 Å². The fourth-order valence-electron chi connectivity index (χ4n) is 2.50. The molecular weight excluding hydrogens is 324 g/mol. The first-order valence-electron chi connectivity index (χ1n) is 7.64. The van der Waals surface area contributed by atoms with E-state index in [1.807, 2.05) is 13.8 Å². The quantitative estimate of drug-likeness (QED) is 0.698. The molecule has 6 nitrogen and oxygen atoms in total. The first-order valence-corrected chi connectivity index (χ1v) is 8.46. The maximum Gasteiger partial charge on any atom is 0.261 e. The monoisotopic (exact) mass is 342 g/mol. The van der Waals surface area contributed by atoms with Crippen molar-refractivity contribution < 1.29 is 9.59 Å². The summed E-state index contributed by atoms with van der Waals surface area (Å²) in [5.74, 6) is 0.719. The molecule has 0 unspecified atom stereocenters. The van der Waals surface area contributed by atoms with Crippen molar-refractivity contribution in [2.24, 2.45) is 0 Å². The van der Waals surface area contributed by atoms with E-state index in [0.717, 1.165) is 27.3 Å². The van der Waals surface area contributed by atoms with Crippen LogP contribution >= 0.6 is 11.3 Å². The number of fused-ring (bicyclic) bond motifs is 1. The number of Topliss-reactive ketones (excluding diaryl/α,β-unsaturated/α-hetero) is 1. The standard InChI is InChI=1S/C17H18N4O2S/c1-9-14-6-12(10(2)22)7-20-17(14)24-15(9)16(23)18-5-4-13-8-19-11(3)21-13/h6-8H,4-5H2,1-3H3,(H,18,23)(H,19,21). The summed E-state index contributed by atoms with van der Waals surface area (Å²) in [4.78, 5) is 36.9.